The van der Waals surface area contributed by atoms with Gasteiger partial charge in [0.25, 0.3) is 12.4 Å². The Labute approximate surface area is 165 Å². The van der Waals surface area contributed by atoms with Gasteiger partial charge >= 0.3 is 5.97 Å². The summed E-state index contributed by atoms with van der Waals surface area (Å²) in [7, 11) is 0. The van der Waals surface area contributed by atoms with E-state index in [1.807, 2.05) is 0 Å². The van der Waals surface area contributed by atoms with Crippen LogP contribution in [0.1, 0.15) is 38.5 Å². The summed E-state index contributed by atoms with van der Waals surface area (Å²) < 4.78 is 4.56. The molecule has 0 heterocycles. The third kappa shape index (κ3) is 11.9. The Balaban J connectivity index is 4.58. The molecule has 0 aliphatic carbocycles. The first kappa shape index (κ1) is 25.7. The van der Waals surface area contributed by atoms with E-state index in [2.05, 4.69) is 15.4 Å². The van der Waals surface area contributed by atoms with Crippen LogP contribution < -0.4 is 27.6 Å². The van der Waals surface area contributed by atoms with Crippen molar-refractivity contribution >= 4 is 36.1 Å². The molecule has 0 aromatic rings. The molecule has 29 heavy (non-hydrogen) atoms. The number of nitrogens with two attached hydrogens (primary N) is 2. The van der Waals surface area contributed by atoms with Gasteiger partial charge in [-0.3, -0.25) is 34.0 Å². The number of hydroxylamine groups is 1. The third-order valence-electron chi connectivity index (χ3n) is 3.60. The largest absolute Gasteiger partial charge is 0.481 e. The Morgan fingerprint density at radius 2 is 1.62 bits per heavy atom. The van der Waals surface area contributed by atoms with Crippen LogP contribution in [0.5, 0.6) is 0 Å². The minimum atomic E-state index is -1.26. The van der Waals surface area contributed by atoms with E-state index < -0.39 is 47.9 Å². The van der Waals surface area contributed by atoms with Crippen molar-refractivity contribution in [1.82, 2.24) is 16.1 Å². The van der Waals surface area contributed by atoms with Gasteiger partial charge in [0.2, 0.25) is 17.7 Å². The van der Waals surface area contributed by atoms with Crippen LogP contribution in [0.15, 0.2) is 0 Å². The highest BCUT2D eigenvalue weighted by atomic mass is 16.5. The lowest BCUT2D eigenvalue weighted by molar-refractivity contribution is -0.143. The smallest absolute Gasteiger partial charge is 0.303 e. The van der Waals surface area contributed by atoms with Crippen molar-refractivity contribution < 1.29 is 43.8 Å². The summed E-state index contributed by atoms with van der Waals surface area (Å²) in [5.41, 5.74) is 12.0. The SMILES string of the molecule is NC(=O)CC[C@H](NC(=O)C(N)CCC(=O)NC(CCC(=O)O)OC=O)C(=O)NO. The van der Waals surface area contributed by atoms with Gasteiger partial charge in [-0.15, -0.1) is 0 Å². The topological polar surface area (TPSA) is 240 Å². The second kappa shape index (κ2) is 13.8. The second-order valence-electron chi connectivity index (χ2n) is 5.91. The van der Waals surface area contributed by atoms with Gasteiger partial charge in [0.05, 0.1) is 12.5 Å². The number of aliphatic carboxylic acids is 1. The monoisotopic (exact) mass is 419 g/mol. The Morgan fingerprint density at radius 1 is 0.966 bits per heavy atom. The molecule has 164 valence electrons. The molecular weight excluding hydrogens is 394 g/mol. The fourth-order valence-corrected chi connectivity index (χ4v) is 2.08. The number of amides is 4. The molecule has 0 spiro atoms. The standard InChI is InChI=1S/C15H25N5O9/c16-8(14(26)18-9(15(27)20-28)2-3-10(17)22)1-4-11(23)19-12(29-7-21)5-6-13(24)25/h7-9,12,28H,1-6,16H2,(H2,17,22)(H,18,26)(H,19,23)(H,20,27)(H,24,25)/t8?,9-,12?/m0/s1. The zero-order valence-electron chi connectivity index (χ0n) is 15.5. The van der Waals surface area contributed by atoms with Crippen LogP contribution in [0.4, 0.5) is 0 Å². The van der Waals surface area contributed by atoms with Gasteiger partial charge in [-0.1, -0.05) is 0 Å². The van der Waals surface area contributed by atoms with Crippen molar-refractivity contribution in [2.75, 3.05) is 0 Å². The van der Waals surface area contributed by atoms with Crippen LogP contribution in [0.2, 0.25) is 0 Å². The number of nitrogens with one attached hydrogen (secondary N) is 3. The van der Waals surface area contributed by atoms with Gasteiger partial charge in [-0.2, -0.15) is 0 Å². The van der Waals surface area contributed by atoms with Crippen molar-refractivity contribution in [3.63, 3.8) is 0 Å². The average molecular weight is 419 g/mol. The lowest BCUT2D eigenvalue weighted by Crippen LogP contribution is -2.51. The quantitative estimate of drug-likeness (QED) is 0.0607. The molecular formula is C15H25N5O9. The number of carbonyl (C=O) groups excluding carboxylic acids is 5. The van der Waals surface area contributed by atoms with Crippen LogP contribution in [0.3, 0.4) is 0 Å². The van der Waals surface area contributed by atoms with E-state index in [9.17, 15) is 28.8 Å². The van der Waals surface area contributed by atoms with E-state index in [0.717, 1.165) is 0 Å². The predicted octanol–water partition coefficient (Wildman–Crippen LogP) is -3.17. The maximum absolute atomic E-state index is 12.1. The number of carboxylic acid groups (broad SMARTS) is 1. The number of rotatable bonds is 15. The summed E-state index contributed by atoms with van der Waals surface area (Å²) in [5, 5.41) is 21.8. The number of hydrogen-bond acceptors (Lipinski definition) is 9. The van der Waals surface area contributed by atoms with Crippen LogP contribution >= 0.6 is 0 Å². The molecule has 0 aromatic carbocycles. The summed E-state index contributed by atoms with van der Waals surface area (Å²) in [4.78, 5) is 67.2. The molecule has 0 saturated carbocycles. The van der Waals surface area contributed by atoms with Gasteiger partial charge in [0.1, 0.15) is 6.04 Å². The van der Waals surface area contributed by atoms with Crippen LogP contribution in [0.25, 0.3) is 0 Å². The van der Waals surface area contributed by atoms with E-state index in [0.29, 0.717) is 0 Å². The molecule has 0 saturated heterocycles. The van der Waals surface area contributed by atoms with Crippen molar-refractivity contribution in [3.8, 4) is 0 Å². The summed E-state index contributed by atoms with van der Waals surface area (Å²) in [6.45, 7) is 0.0599. The molecule has 0 radical (unpaired) electrons. The molecule has 0 aromatic heterocycles. The van der Waals surface area contributed by atoms with Crippen LogP contribution in [-0.4, -0.2) is 64.7 Å². The fourth-order valence-electron chi connectivity index (χ4n) is 2.08. The molecule has 9 N–H and O–H groups in total. The lowest BCUT2D eigenvalue weighted by atomic mass is 10.1. The Bertz CT molecular complexity index is 613. The molecule has 2 unspecified atom stereocenters. The molecule has 14 nitrogen and oxygen atoms in total. The molecule has 0 fully saturated rings. The molecule has 0 rings (SSSR count). The normalized spacial score (nSPS) is 13.3. The first-order chi connectivity index (χ1) is 13.6. The Kier molecular flexibility index (Phi) is 12.3. The predicted molar refractivity (Wildman–Crippen MR) is 93.4 cm³/mol. The van der Waals surface area contributed by atoms with Crippen molar-refractivity contribution in [2.45, 2.75) is 56.8 Å². The summed E-state index contributed by atoms with van der Waals surface area (Å²) in [6, 6.07) is -2.48. The summed E-state index contributed by atoms with van der Waals surface area (Å²) >= 11 is 0. The van der Waals surface area contributed by atoms with E-state index >= 15 is 0 Å². The van der Waals surface area contributed by atoms with Crippen molar-refractivity contribution in [2.24, 2.45) is 11.5 Å². The number of carboxylic acids is 1. The lowest BCUT2D eigenvalue weighted by Gasteiger charge is -2.19. The number of ether oxygens (including phenoxy) is 1. The maximum atomic E-state index is 12.1. The zero-order chi connectivity index (χ0) is 22.4. The second-order valence-corrected chi connectivity index (χ2v) is 5.91. The minimum Gasteiger partial charge on any atom is -0.481 e. The zero-order valence-corrected chi connectivity index (χ0v) is 15.5. The Hall–Kier alpha value is -3.26. The molecule has 0 bridgehead atoms. The molecule has 3 atom stereocenters. The maximum Gasteiger partial charge on any atom is 0.303 e. The van der Waals surface area contributed by atoms with Crippen molar-refractivity contribution in [1.29, 1.82) is 0 Å². The average Bonchev–Trinajstić information content (AvgIpc) is 2.66. The summed E-state index contributed by atoms with van der Waals surface area (Å²) in [6.07, 6.45) is -2.47. The van der Waals surface area contributed by atoms with Gasteiger partial charge in [-0.05, 0) is 12.8 Å². The molecule has 0 aliphatic heterocycles. The van der Waals surface area contributed by atoms with E-state index in [1.165, 1.54) is 5.48 Å². The molecule has 0 aliphatic rings. The van der Waals surface area contributed by atoms with E-state index in [1.54, 1.807) is 0 Å². The minimum absolute atomic E-state index is 0.0599. The van der Waals surface area contributed by atoms with Crippen molar-refractivity contribution in [3.05, 3.63) is 0 Å². The fraction of sp³-hybridized carbons (Fsp3) is 0.600. The molecule has 14 heteroatoms. The third-order valence-corrected chi connectivity index (χ3v) is 3.60. The van der Waals surface area contributed by atoms with E-state index in [-0.39, 0.29) is 45.0 Å². The first-order valence-electron chi connectivity index (χ1n) is 8.49. The number of primary amides is 1. The summed E-state index contributed by atoms with van der Waals surface area (Å²) in [5.74, 6) is -4.30. The Morgan fingerprint density at radius 3 is 2.14 bits per heavy atom. The highest BCUT2D eigenvalue weighted by Crippen LogP contribution is 2.03. The van der Waals surface area contributed by atoms with Gasteiger partial charge in [0.15, 0.2) is 6.23 Å². The van der Waals surface area contributed by atoms with E-state index in [4.69, 9.17) is 21.8 Å². The highest BCUT2D eigenvalue weighted by molar-refractivity contribution is 5.90. The molecule has 4 amide bonds. The van der Waals surface area contributed by atoms with Gasteiger partial charge < -0.3 is 31.9 Å². The van der Waals surface area contributed by atoms with Crippen LogP contribution in [-0.2, 0) is 33.5 Å². The van der Waals surface area contributed by atoms with Gasteiger partial charge in [-0.25, -0.2) is 5.48 Å². The first-order valence-corrected chi connectivity index (χ1v) is 8.49. The number of hydrogen-bond donors (Lipinski definition) is 7. The number of carbonyl (C=O) groups is 6. The highest BCUT2D eigenvalue weighted by Gasteiger charge is 2.24. The van der Waals surface area contributed by atoms with Gasteiger partial charge in [0, 0.05) is 19.3 Å². The van der Waals surface area contributed by atoms with Crippen LogP contribution in [0, 0.1) is 0 Å².